The van der Waals surface area contributed by atoms with E-state index in [0.717, 1.165) is 28.6 Å². The van der Waals surface area contributed by atoms with Gasteiger partial charge in [0.15, 0.2) is 0 Å². The van der Waals surface area contributed by atoms with Gasteiger partial charge in [0, 0.05) is 22.9 Å². The molecular weight excluding hydrogens is 328 g/mol. The Morgan fingerprint density at radius 3 is 2.62 bits per heavy atom. The summed E-state index contributed by atoms with van der Waals surface area (Å²) in [7, 11) is 1.63. The molecule has 0 aliphatic rings. The van der Waals surface area contributed by atoms with Crippen molar-refractivity contribution < 1.29 is 9.53 Å². The number of carbonyl (C=O) groups excluding carboxylic acids is 1. The molecule has 2 aromatic carbocycles. The van der Waals surface area contributed by atoms with Crippen molar-refractivity contribution in [1.29, 1.82) is 0 Å². The topological polar surface area (TPSA) is 26.3 Å². The van der Waals surface area contributed by atoms with E-state index >= 15 is 0 Å². The van der Waals surface area contributed by atoms with Gasteiger partial charge in [-0.05, 0) is 36.6 Å². The normalized spacial score (nSPS) is 10.4. The Morgan fingerprint density at radius 1 is 1.14 bits per heavy atom. The lowest BCUT2D eigenvalue weighted by atomic mass is 10.0. The van der Waals surface area contributed by atoms with Crippen LogP contribution in [0.5, 0.6) is 5.75 Å². The molecule has 3 heteroatoms. The predicted molar refractivity (Wildman–Crippen MR) is 88.8 cm³/mol. The van der Waals surface area contributed by atoms with Crippen LogP contribution in [0.25, 0.3) is 0 Å². The van der Waals surface area contributed by atoms with Crippen molar-refractivity contribution in [1.82, 2.24) is 0 Å². The van der Waals surface area contributed by atoms with Crippen molar-refractivity contribution in [2.75, 3.05) is 7.11 Å². The molecular formula is C18H19BrO2. The fourth-order valence-corrected chi connectivity index (χ4v) is 2.73. The summed E-state index contributed by atoms with van der Waals surface area (Å²) in [6, 6.07) is 16.0. The van der Waals surface area contributed by atoms with Crippen LogP contribution in [0.3, 0.4) is 0 Å². The minimum atomic E-state index is 0.252. The van der Waals surface area contributed by atoms with Crippen LogP contribution >= 0.6 is 15.9 Å². The van der Waals surface area contributed by atoms with Gasteiger partial charge in [-0.15, -0.1) is 0 Å². The SMILES string of the molecule is COc1ccc(Br)cc1CC(=O)CCCc1ccccc1. The van der Waals surface area contributed by atoms with Gasteiger partial charge < -0.3 is 4.74 Å². The van der Waals surface area contributed by atoms with Crippen LogP contribution in [0.15, 0.2) is 53.0 Å². The monoisotopic (exact) mass is 346 g/mol. The van der Waals surface area contributed by atoms with E-state index in [4.69, 9.17) is 4.74 Å². The number of carbonyl (C=O) groups is 1. The lowest BCUT2D eigenvalue weighted by molar-refractivity contribution is -0.118. The fraction of sp³-hybridized carbons (Fsp3) is 0.278. The van der Waals surface area contributed by atoms with Crippen LogP contribution in [0.1, 0.15) is 24.0 Å². The van der Waals surface area contributed by atoms with E-state index in [2.05, 4.69) is 28.1 Å². The average molecular weight is 347 g/mol. The van der Waals surface area contributed by atoms with Crippen molar-refractivity contribution in [2.45, 2.75) is 25.7 Å². The van der Waals surface area contributed by atoms with Crippen molar-refractivity contribution in [3.63, 3.8) is 0 Å². The number of halogens is 1. The molecule has 0 bridgehead atoms. The number of methoxy groups -OCH3 is 1. The third-order valence-electron chi connectivity index (χ3n) is 3.39. The van der Waals surface area contributed by atoms with Gasteiger partial charge in [-0.25, -0.2) is 0 Å². The van der Waals surface area contributed by atoms with E-state index in [9.17, 15) is 4.79 Å². The molecule has 0 fully saturated rings. The first kappa shape index (κ1) is 15.8. The summed E-state index contributed by atoms with van der Waals surface area (Å²) >= 11 is 3.43. The zero-order chi connectivity index (χ0) is 15.1. The quantitative estimate of drug-likeness (QED) is 0.732. The summed E-state index contributed by atoms with van der Waals surface area (Å²) in [5.41, 5.74) is 2.22. The van der Waals surface area contributed by atoms with E-state index in [1.807, 2.05) is 36.4 Å². The second kappa shape index (κ2) is 7.99. The summed E-state index contributed by atoms with van der Waals surface area (Å²) in [5, 5.41) is 0. The highest BCUT2D eigenvalue weighted by Crippen LogP contribution is 2.24. The maximum atomic E-state index is 12.1. The van der Waals surface area contributed by atoms with Crippen LogP contribution < -0.4 is 4.74 Å². The molecule has 21 heavy (non-hydrogen) atoms. The fourth-order valence-electron chi connectivity index (χ4n) is 2.32. The first-order valence-corrected chi connectivity index (χ1v) is 7.86. The van der Waals surface area contributed by atoms with Gasteiger partial charge in [0.1, 0.15) is 11.5 Å². The molecule has 0 amide bonds. The molecule has 0 saturated heterocycles. The number of aryl methyl sites for hydroxylation is 1. The number of ketones is 1. The predicted octanol–water partition coefficient (Wildman–Crippen LogP) is 4.59. The molecule has 2 nitrogen and oxygen atoms in total. The lowest BCUT2D eigenvalue weighted by Crippen LogP contribution is -2.05. The van der Waals surface area contributed by atoms with Gasteiger partial charge in [0.05, 0.1) is 7.11 Å². The molecule has 0 aliphatic carbocycles. The van der Waals surface area contributed by atoms with E-state index < -0.39 is 0 Å². The third-order valence-corrected chi connectivity index (χ3v) is 3.89. The Kier molecular flexibility index (Phi) is 6.00. The Morgan fingerprint density at radius 2 is 1.90 bits per heavy atom. The number of ether oxygens (including phenoxy) is 1. The molecule has 110 valence electrons. The molecule has 0 radical (unpaired) electrons. The number of Topliss-reactive ketones (excluding diaryl/α,β-unsaturated/α-hetero) is 1. The molecule has 0 aromatic heterocycles. The first-order valence-electron chi connectivity index (χ1n) is 7.07. The number of rotatable bonds is 7. The van der Waals surface area contributed by atoms with Gasteiger partial charge in [0.2, 0.25) is 0 Å². The highest BCUT2D eigenvalue weighted by Gasteiger charge is 2.09. The van der Waals surface area contributed by atoms with Gasteiger partial charge in [-0.1, -0.05) is 46.3 Å². The summed E-state index contributed by atoms with van der Waals surface area (Å²) in [4.78, 5) is 12.1. The molecule has 0 saturated carbocycles. The molecule has 0 aliphatic heterocycles. The molecule has 0 N–H and O–H groups in total. The van der Waals surface area contributed by atoms with Crippen LogP contribution in [-0.4, -0.2) is 12.9 Å². The molecule has 2 aromatic rings. The van der Waals surface area contributed by atoms with Crippen LogP contribution in [0.2, 0.25) is 0 Å². The van der Waals surface area contributed by atoms with Crippen LogP contribution in [0.4, 0.5) is 0 Å². The van der Waals surface area contributed by atoms with Gasteiger partial charge in [-0.3, -0.25) is 4.79 Å². The van der Waals surface area contributed by atoms with E-state index in [1.54, 1.807) is 7.11 Å². The van der Waals surface area contributed by atoms with E-state index in [-0.39, 0.29) is 5.78 Å². The molecule has 0 atom stereocenters. The first-order chi connectivity index (χ1) is 10.2. The van der Waals surface area contributed by atoms with Gasteiger partial charge in [0.25, 0.3) is 0 Å². The zero-order valence-corrected chi connectivity index (χ0v) is 13.7. The summed E-state index contributed by atoms with van der Waals surface area (Å²) in [6.07, 6.45) is 2.86. The van der Waals surface area contributed by atoms with Gasteiger partial charge in [-0.2, -0.15) is 0 Å². The largest absolute Gasteiger partial charge is 0.496 e. The molecule has 0 spiro atoms. The maximum Gasteiger partial charge on any atom is 0.137 e. The summed E-state index contributed by atoms with van der Waals surface area (Å²) in [5.74, 6) is 1.02. The Labute approximate surface area is 134 Å². The minimum absolute atomic E-state index is 0.252. The van der Waals surface area contributed by atoms with E-state index in [1.165, 1.54) is 5.56 Å². The second-order valence-corrected chi connectivity index (χ2v) is 5.93. The van der Waals surface area contributed by atoms with Crippen LogP contribution in [-0.2, 0) is 17.6 Å². The Hall–Kier alpha value is -1.61. The third kappa shape index (κ3) is 5.01. The number of hydrogen-bond acceptors (Lipinski definition) is 2. The number of benzene rings is 2. The Balaban J connectivity index is 1.86. The van der Waals surface area contributed by atoms with Crippen LogP contribution in [0, 0.1) is 0 Å². The summed E-state index contributed by atoms with van der Waals surface area (Å²) < 4.78 is 6.27. The molecule has 2 rings (SSSR count). The highest BCUT2D eigenvalue weighted by molar-refractivity contribution is 9.10. The van der Waals surface area contributed by atoms with Crippen molar-refractivity contribution in [3.8, 4) is 5.75 Å². The average Bonchev–Trinajstić information content (AvgIpc) is 2.48. The van der Waals surface area contributed by atoms with Crippen molar-refractivity contribution in [3.05, 3.63) is 64.1 Å². The second-order valence-electron chi connectivity index (χ2n) is 5.01. The molecule has 0 unspecified atom stereocenters. The standard InChI is InChI=1S/C18H19BrO2/c1-21-18-11-10-16(19)12-15(18)13-17(20)9-5-8-14-6-3-2-4-7-14/h2-4,6-7,10-12H,5,8-9,13H2,1H3. The zero-order valence-electron chi connectivity index (χ0n) is 12.1. The summed E-state index contributed by atoms with van der Waals surface area (Å²) in [6.45, 7) is 0. The highest BCUT2D eigenvalue weighted by atomic mass is 79.9. The Bertz CT molecular complexity index is 593. The number of hydrogen-bond donors (Lipinski definition) is 0. The van der Waals surface area contributed by atoms with Crippen molar-refractivity contribution >= 4 is 21.7 Å². The maximum absolute atomic E-state index is 12.1. The lowest BCUT2D eigenvalue weighted by Gasteiger charge is -2.08. The molecule has 0 heterocycles. The van der Waals surface area contributed by atoms with Crippen molar-refractivity contribution in [2.24, 2.45) is 0 Å². The smallest absolute Gasteiger partial charge is 0.137 e. The van der Waals surface area contributed by atoms with E-state index in [0.29, 0.717) is 12.8 Å². The van der Waals surface area contributed by atoms with Gasteiger partial charge >= 0.3 is 0 Å². The minimum Gasteiger partial charge on any atom is -0.496 e.